The van der Waals surface area contributed by atoms with E-state index in [0.717, 1.165) is 36.3 Å². The predicted octanol–water partition coefficient (Wildman–Crippen LogP) is 1.85. The van der Waals surface area contributed by atoms with Crippen LogP contribution in [0.1, 0.15) is 82.8 Å². The SMILES string of the molecule is CC[C@H](NC(=O)[C@H](Cc1ccccc1)NC(=O)CNC(=O)C1CCCC1)C(=O)N1CCC[C@@H]1C(=O)NN(Cc1ccccc1)C(=O)N[C@H](CCCN=C(C)N)C(=O)OC. The Hall–Kier alpha value is -6.00. The third-order valence-corrected chi connectivity index (χ3v) is 10.4. The average molecular weight is 818 g/mol. The number of likely N-dealkylation sites (tertiary alicyclic amines) is 1. The lowest BCUT2D eigenvalue weighted by Crippen LogP contribution is -2.59. The van der Waals surface area contributed by atoms with Crippen molar-refractivity contribution in [3.63, 3.8) is 0 Å². The molecule has 17 nitrogen and oxygen atoms in total. The van der Waals surface area contributed by atoms with Crippen LogP contribution >= 0.6 is 0 Å². The molecule has 320 valence electrons. The van der Waals surface area contributed by atoms with E-state index in [0.29, 0.717) is 37.2 Å². The maximum Gasteiger partial charge on any atom is 0.337 e. The molecule has 2 aliphatic rings. The van der Waals surface area contributed by atoms with Gasteiger partial charge in [0, 0.05) is 25.4 Å². The van der Waals surface area contributed by atoms with Crippen LogP contribution in [0, 0.1) is 5.92 Å². The zero-order chi connectivity index (χ0) is 42.7. The second-order valence-corrected chi connectivity index (χ2v) is 14.9. The normalized spacial score (nSPS) is 16.9. The van der Waals surface area contributed by atoms with Gasteiger partial charge in [0.05, 0.1) is 26.0 Å². The molecule has 1 saturated heterocycles. The Kier molecular flexibility index (Phi) is 18.1. The molecule has 1 aliphatic carbocycles. The molecule has 2 aromatic rings. The van der Waals surface area contributed by atoms with E-state index >= 15 is 0 Å². The third kappa shape index (κ3) is 14.4. The fourth-order valence-electron chi connectivity index (χ4n) is 7.22. The van der Waals surface area contributed by atoms with Crippen molar-refractivity contribution in [2.75, 3.05) is 26.7 Å². The van der Waals surface area contributed by atoms with Crippen molar-refractivity contribution < 1.29 is 38.3 Å². The number of ether oxygens (including phenoxy) is 1. The number of benzene rings is 2. The topological polar surface area (TPSA) is 234 Å². The standard InChI is InChI=1S/C42H59N9O8/c1-4-32(47-38(54)34(25-29-15-7-5-8-16-29)46-36(52)26-45-37(53)31-19-11-12-20-31)40(56)50-24-14-22-35(50)39(55)49-51(27-30-17-9-6-10-18-30)42(58)48-33(41(57)59-3)21-13-23-44-28(2)43/h5-10,15-18,31-35H,4,11-14,19-27H2,1-3H3,(H2,43,44)(H,45,53)(H,46,52)(H,47,54)(H,48,58)(H,49,55)/t32-,33+,34-,35+/m0/s1. The van der Waals surface area contributed by atoms with Gasteiger partial charge in [-0.15, -0.1) is 0 Å². The number of amidine groups is 1. The van der Waals surface area contributed by atoms with Crippen molar-refractivity contribution in [2.24, 2.45) is 16.6 Å². The number of methoxy groups -OCH3 is 1. The highest BCUT2D eigenvalue weighted by molar-refractivity contribution is 5.96. The maximum atomic E-state index is 14.1. The van der Waals surface area contributed by atoms with Gasteiger partial charge < -0.3 is 36.6 Å². The summed E-state index contributed by atoms with van der Waals surface area (Å²) in [5.41, 5.74) is 9.75. The van der Waals surface area contributed by atoms with Crippen LogP contribution < -0.4 is 32.4 Å². The molecule has 0 unspecified atom stereocenters. The highest BCUT2D eigenvalue weighted by Gasteiger charge is 2.39. The first kappa shape index (κ1) is 45.7. The fraction of sp³-hybridized carbons (Fsp3) is 0.524. The van der Waals surface area contributed by atoms with Gasteiger partial charge in [-0.25, -0.2) is 14.6 Å². The Balaban J connectivity index is 1.45. The molecule has 2 fully saturated rings. The molecule has 7 amide bonds. The van der Waals surface area contributed by atoms with Gasteiger partial charge in [-0.3, -0.25) is 34.4 Å². The van der Waals surface area contributed by atoms with Crippen LogP contribution in [-0.2, 0) is 46.5 Å². The minimum atomic E-state index is -1.07. The van der Waals surface area contributed by atoms with Gasteiger partial charge in [-0.05, 0) is 63.0 Å². The minimum Gasteiger partial charge on any atom is -0.467 e. The number of urea groups is 1. The van der Waals surface area contributed by atoms with Crippen LogP contribution in [0.2, 0.25) is 0 Å². The van der Waals surface area contributed by atoms with Crippen LogP contribution in [-0.4, -0.2) is 108 Å². The summed E-state index contributed by atoms with van der Waals surface area (Å²) in [5, 5.41) is 11.9. The molecule has 4 atom stereocenters. The first-order valence-corrected chi connectivity index (χ1v) is 20.4. The van der Waals surface area contributed by atoms with Crippen LogP contribution in [0.3, 0.4) is 0 Å². The van der Waals surface area contributed by atoms with E-state index in [9.17, 15) is 33.6 Å². The monoisotopic (exact) mass is 817 g/mol. The lowest BCUT2D eigenvalue weighted by atomic mass is 10.0. The summed E-state index contributed by atoms with van der Waals surface area (Å²) >= 11 is 0. The molecular formula is C42H59N9O8. The Bertz CT molecular complexity index is 1770. The number of esters is 1. The smallest absolute Gasteiger partial charge is 0.337 e. The zero-order valence-electron chi connectivity index (χ0n) is 34.2. The summed E-state index contributed by atoms with van der Waals surface area (Å²) in [5.74, 6) is -2.84. The molecule has 59 heavy (non-hydrogen) atoms. The highest BCUT2D eigenvalue weighted by Crippen LogP contribution is 2.24. The first-order valence-electron chi connectivity index (χ1n) is 20.4. The quantitative estimate of drug-likeness (QED) is 0.0399. The second kappa shape index (κ2) is 23.4. The van der Waals surface area contributed by atoms with Gasteiger partial charge in [-0.1, -0.05) is 80.4 Å². The van der Waals surface area contributed by atoms with Crippen LogP contribution in [0.4, 0.5) is 4.79 Å². The van der Waals surface area contributed by atoms with Crippen LogP contribution in [0.15, 0.2) is 65.7 Å². The Morgan fingerprint density at radius 3 is 2.14 bits per heavy atom. The predicted molar refractivity (Wildman–Crippen MR) is 220 cm³/mol. The number of hydrogen-bond acceptors (Lipinski definition) is 9. The number of carbonyl (C=O) groups is 7. The fourth-order valence-corrected chi connectivity index (χ4v) is 7.22. The van der Waals surface area contributed by atoms with Crippen molar-refractivity contribution in [1.82, 2.24) is 36.6 Å². The molecule has 1 heterocycles. The maximum absolute atomic E-state index is 14.1. The van der Waals surface area contributed by atoms with Gasteiger partial charge >= 0.3 is 12.0 Å². The molecule has 0 radical (unpaired) electrons. The molecule has 0 bridgehead atoms. The van der Waals surface area contributed by atoms with Gasteiger partial charge in [0.1, 0.15) is 24.2 Å². The number of amides is 7. The number of aliphatic imine (C=N–C) groups is 1. The summed E-state index contributed by atoms with van der Waals surface area (Å²) < 4.78 is 4.92. The third-order valence-electron chi connectivity index (χ3n) is 10.4. The molecule has 0 aromatic heterocycles. The zero-order valence-corrected chi connectivity index (χ0v) is 34.2. The van der Waals surface area contributed by atoms with Crippen molar-refractivity contribution in [2.45, 2.75) is 109 Å². The van der Waals surface area contributed by atoms with Crippen LogP contribution in [0.25, 0.3) is 0 Å². The van der Waals surface area contributed by atoms with E-state index in [1.807, 2.05) is 36.4 Å². The molecule has 7 N–H and O–H groups in total. The average Bonchev–Trinajstić information content (AvgIpc) is 3.97. The van der Waals surface area contributed by atoms with E-state index in [4.69, 9.17) is 10.5 Å². The molecule has 1 saturated carbocycles. The van der Waals surface area contributed by atoms with E-state index in [1.54, 1.807) is 38.1 Å². The Morgan fingerprint density at radius 2 is 1.51 bits per heavy atom. The Labute approximate surface area is 345 Å². The van der Waals surface area contributed by atoms with Gasteiger partial charge in [0.25, 0.3) is 5.91 Å². The van der Waals surface area contributed by atoms with E-state index in [1.165, 1.54) is 12.0 Å². The molecular weight excluding hydrogens is 759 g/mol. The van der Waals surface area contributed by atoms with Gasteiger partial charge in [-0.2, -0.15) is 0 Å². The molecule has 17 heteroatoms. The molecule has 2 aromatic carbocycles. The summed E-state index contributed by atoms with van der Waals surface area (Å²) in [6, 6.07) is 13.1. The lowest BCUT2D eigenvalue weighted by Gasteiger charge is -2.31. The van der Waals surface area contributed by atoms with E-state index in [-0.39, 0.29) is 50.7 Å². The van der Waals surface area contributed by atoms with Crippen molar-refractivity contribution >= 4 is 47.4 Å². The van der Waals surface area contributed by atoms with Gasteiger partial charge in [0.15, 0.2) is 0 Å². The van der Waals surface area contributed by atoms with Gasteiger partial charge in [0.2, 0.25) is 23.6 Å². The largest absolute Gasteiger partial charge is 0.467 e. The number of hydrogen-bond donors (Lipinski definition) is 6. The first-order chi connectivity index (χ1) is 28.4. The molecule has 4 rings (SSSR count). The highest BCUT2D eigenvalue weighted by atomic mass is 16.5. The number of carbonyl (C=O) groups excluding carboxylic acids is 7. The van der Waals surface area contributed by atoms with E-state index in [2.05, 4.69) is 31.7 Å². The number of rotatable bonds is 19. The number of nitrogens with zero attached hydrogens (tertiary/aromatic N) is 3. The number of nitrogens with two attached hydrogens (primary N) is 1. The van der Waals surface area contributed by atoms with E-state index < -0.39 is 59.8 Å². The van der Waals surface area contributed by atoms with Crippen LogP contribution in [0.5, 0.6) is 0 Å². The lowest BCUT2D eigenvalue weighted by molar-refractivity contribution is -0.143. The molecule has 1 aliphatic heterocycles. The summed E-state index contributed by atoms with van der Waals surface area (Å²) in [4.78, 5) is 99.4. The second-order valence-electron chi connectivity index (χ2n) is 14.9. The summed E-state index contributed by atoms with van der Waals surface area (Å²) in [6.07, 6.45) is 5.24. The molecule has 0 spiro atoms. The number of nitrogens with one attached hydrogen (secondary N) is 5. The minimum absolute atomic E-state index is 0.0595. The summed E-state index contributed by atoms with van der Waals surface area (Å²) in [7, 11) is 1.21. The summed E-state index contributed by atoms with van der Waals surface area (Å²) in [6.45, 7) is 3.59. The van der Waals surface area contributed by atoms with Crippen molar-refractivity contribution in [3.05, 3.63) is 71.8 Å². The van der Waals surface area contributed by atoms with Crippen molar-refractivity contribution in [3.8, 4) is 0 Å². The Morgan fingerprint density at radius 1 is 0.847 bits per heavy atom. The number of hydrazine groups is 1. The van der Waals surface area contributed by atoms with Crippen molar-refractivity contribution in [1.29, 1.82) is 0 Å².